The number of carbonyl (C=O) groups is 1. The number of hydrogen-bond donors (Lipinski definition) is 1. The topological polar surface area (TPSA) is 67.6 Å². The maximum atomic E-state index is 12.1. The van der Waals surface area contributed by atoms with Crippen LogP contribution in [0.4, 0.5) is 4.79 Å². The Kier molecular flexibility index (Phi) is 5.30. The number of nitrogens with zero attached hydrogens (tertiary/aromatic N) is 2. The van der Waals surface area contributed by atoms with Crippen LogP contribution in [0, 0.1) is 0 Å². The second kappa shape index (κ2) is 7.61. The van der Waals surface area contributed by atoms with E-state index in [9.17, 15) is 4.79 Å². The molecule has 2 aromatic heterocycles. The summed E-state index contributed by atoms with van der Waals surface area (Å²) in [6.45, 7) is 1.76. The number of urea groups is 1. The summed E-state index contributed by atoms with van der Waals surface area (Å²) in [7, 11) is 1.78. The Bertz CT molecular complexity index is 620. The van der Waals surface area contributed by atoms with Crippen molar-refractivity contribution in [2.24, 2.45) is 0 Å². The van der Waals surface area contributed by atoms with E-state index in [4.69, 9.17) is 9.15 Å². The van der Waals surface area contributed by atoms with Crippen molar-refractivity contribution in [3.63, 3.8) is 0 Å². The fourth-order valence-electron chi connectivity index (χ4n) is 2.54. The predicted molar refractivity (Wildman–Crippen MR) is 88.3 cm³/mol. The molecule has 3 rings (SSSR count). The van der Waals surface area contributed by atoms with Gasteiger partial charge in [-0.1, -0.05) is 6.07 Å². The van der Waals surface area contributed by atoms with Crippen molar-refractivity contribution in [2.75, 3.05) is 20.2 Å². The van der Waals surface area contributed by atoms with E-state index in [-0.39, 0.29) is 12.1 Å². The minimum atomic E-state index is -0.125. The lowest BCUT2D eigenvalue weighted by Gasteiger charge is -2.27. The molecule has 0 saturated carbocycles. The maximum Gasteiger partial charge on any atom is 0.317 e. The quantitative estimate of drug-likeness (QED) is 0.911. The lowest BCUT2D eigenvalue weighted by atomic mass is 10.1. The molecule has 2 amide bonds. The third-order valence-corrected chi connectivity index (χ3v) is 4.66. The number of ether oxygens (including phenoxy) is 1. The van der Waals surface area contributed by atoms with Gasteiger partial charge < -0.3 is 19.4 Å². The van der Waals surface area contributed by atoms with Gasteiger partial charge in [-0.15, -0.1) is 11.3 Å². The second-order valence-electron chi connectivity index (χ2n) is 5.65. The van der Waals surface area contributed by atoms with Gasteiger partial charge in [-0.25, -0.2) is 9.78 Å². The van der Waals surface area contributed by atoms with Crippen molar-refractivity contribution in [3.8, 4) is 10.8 Å². The molecule has 1 N–H and O–H groups in total. The van der Waals surface area contributed by atoms with Crippen LogP contribution in [0.25, 0.3) is 10.8 Å². The molecule has 124 valence electrons. The summed E-state index contributed by atoms with van der Waals surface area (Å²) in [4.78, 5) is 19.2. The summed E-state index contributed by atoms with van der Waals surface area (Å²) < 4.78 is 11.1. The molecule has 7 heteroatoms. The van der Waals surface area contributed by atoms with Crippen LogP contribution in [0.15, 0.2) is 28.2 Å². The zero-order valence-electron chi connectivity index (χ0n) is 13.2. The van der Waals surface area contributed by atoms with Crippen molar-refractivity contribution >= 4 is 17.4 Å². The molecule has 1 aliphatic heterocycles. The number of aromatic nitrogens is 1. The standard InChI is InChI=1S/C16H21N3O3S/c1-19(10-13-5-2-3-7-21-13)16(20)17-9-12-11-22-15(18-12)14-6-4-8-23-14/h4,6,8,11,13H,2-3,5,7,9-10H2,1H3,(H,17,20). The first-order valence-electron chi connectivity index (χ1n) is 7.81. The van der Waals surface area contributed by atoms with E-state index in [1.54, 1.807) is 29.5 Å². The molecule has 1 aliphatic rings. The number of carbonyl (C=O) groups excluding carboxylic acids is 1. The van der Waals surface area contributed by atoms with Crippen molar-refractivity contribution in [3.05, 3.63) is 29.5 Å². The SMILES string of the molecule is CN(CC1CCCCO1)C(=O)NCc1coc(-c2cccs2)n1. The fourth-order valence-corrected chi connectivity index (χ4v) is 3.20. The van der Waals surface area contributed by atoms with Gasteiger partial charge >= 0.3 is 6.03 Å². The van der Waals surface area contributed by atoms with Gasteiger partial charge in [0, 0.05) is 20.2 Å². The van der Waals surface area contributed by atoms with Crippen LogP contribution in [0.5, 0.6) is 0 Å². The highest BCUT2D eigenvalue weighted by atomic mass is 32.1. The molecule has 0 bridgehead atoms. The second-order valence-corrected chi connectivity index (χ2v) is 6.60. The van der Waals surface area contributed by atoms with E-state index < -0.39 is 0 Å². The first-order chi connectivity index (χ1) is 11.2. The number of oxazole rings is 1. The Balaban J connectivity index is 1.46. The average Bonchev–Trinajstić information content (AvgIpc) is 3.24. The van der Waals surface area contributed by atoms with Crippen LogP contribution in [0.1, 0.15) is 25.0 Å². The third kappa shape index (κ3) is 4.33. The van der Waals surface area contributed by atoms with Gasteiger partial charge in [-0.2, -0.15) is 0 Å². The van der Waals surface area contributed by atoms with Gasteiger partial charge in [0.15, 0.2) is 0 Å². The number of rotatable bonds is 5. The summed E-state index contributed by atoms with van der Waals surface area (Å²) in [6, 6.07) is 3.78. The smallest absolute Gasteiger partial charge is 0.317 e. The van der Waals surface area contributed by atoms with E-state index in [1.807, 2.05) is 17.5 Å². The Hall–Kier alpha value is -1.86. The van der Waals surface area contributed by atoms with Crippen LogP contribution >= 0.6 is 11.3 Å². The van der Waals surface area contributed by atoms with Crippen LogP contribution in [0.3, 0.4) is 0 Å². The minimum absolute atomic E-state index is 0.125. The molecule has 0 radical (unpaired) electrons. The molecule has 23 heavy (non-hydrogen) atoms. The van der Waals surface area contributed by atoms with Crippen LogP contribution in [0.2, 0.25) is 0 Å². The Morgan fingerprint density at radius 2 is 2.43 bits per heavy atom. The van der Waals surface area contributed by atoms with E-state index in [0.29, 0.717) is 24.7 Å². The van der Waals surface area contributed by atoms with Gasteiger partial charge in [0.2, 0.25) is 5.89 Å². The first kappa shape index (κ1) is 16.0. The number of nitrogens with one attached hydrogen (secondary N) is 1. The average molecular weight is 335 g/mol. The monoisotopic (exact) mass is 335 g/mol. The molecule has 2 aromatic rings. The number of thiophene rings is 1. The molecule has 0 aromatic carbocycles. The Morgan fingerprint density at radius 3 is 3.17 bits per heavy atom. The summed E-state index contributed by atoms with van der Waals surface area (Å²) in [5, 5.41) is 4.83. The van der Waals surface area contributed by atoms with Gasteiger partial charge in [-0.05, 0) is 30.7 Å². The van der Waals surface area contributed by atoms with Crippen LogP contribution in [-0.4, -0.2) is 42.2 Å². The van der Waals surface area contributed by atoms with Crippen molar-refractivity contribution in [1.29, 1.82) is 0 Å². The lowest BCUT2D eigenvalue weighted by Crippen LogP contribution is -2.42. The van der Waals surface area contributed by atoms with E-state index >= 15 is 0 Å². The van der Waals surface area contributed by atoms with Gasteiger partial charge in [-0.3, -0.25) is 0 Å². The molecule has 6 nitrogen and oxygen atoms in total. The normalized spacial score (nSPS) is 17.9. The summed E-state index contributed by atoms with van der Waals surface area (Å²) in [5.74, 6) is 0.591. The molecule has 0 aliphatic carbocycles. The first-order valence-corrected chi connectivity index (χ1v) is 8.69. The molecule has 1 unspecified atom stereocenters. The number of hydrogen-bond acceptors (Lipinski definition) is 5. The molecular formula is C16H21N3O3S. The molecule has 1 saturated heterocycles. The third-order valence-electron chi connectivity index (χ3n) is 3.80. The largest absolute Gasteiger partial charge is 0.443 e. The predicted octanol–water partition coefficient (Wildman–Crippen LogP) is 3.11. The zero-order valence-corrected chi connectivity index (χ0v) is 14.0. The maximum absolute atomic E-state index is 12.1. The van der Waals surface area contributed by atoms with Gasteiger partial charge in [0.05, 0.1) is 23.2 Å². The Labute approximate surface area is 139 Å². The molecule has 3 heterocycles. The fraction of sp³-hybridized carbons (Fsp3) is 0.500. The van der Waals surface area contributed by atoms with Gasteiger partial charge in [0.25, 0.3) is 0 Å². The van der Waals surface area contributed by atoms with Crippen LogP contribution in [-0.2, 0) is 11.3 Å². The number of likely N-dealkylation sites (N-methyl/N-ethyl adjacent to an activating group) is 1. The van der Waals surface area contributed by atoms with Crippen LogP contribution < -0.4 is 5.32 Å². The highest BCUT2D eigenvalue weighted by molar-refractivity contribution is 7.13. The van der Waals surface area contributed by atoms with Crippen molar-refractivity contribution in [2.45, 2.75) is 31.9 Å². The summed E-state index contributed by atoms with van der Waals surface area (Å²) in [6.07, 6.45) is 5.04. The van der Waals surface area contributed by atoms with Crippen molar-refractivity contribution in [1.82, 2.24) is 15.2 Å². The highest BCUT2D eigenvalue weighted by Crippen LogP contribution is 2.23. The van der Waals surface area contributed by atoms with Crippen molar-refractivity contribution < 1.29 is 13.9 Å². The van der Waals surface area contributed by atoms with E-state index in [1.165, 1.54) is 6.42 Å². The lowest BCUT2D eigenvalue weighted by molar-refractivity contribution is 0.00385. The molecular weight excluding hydrogens is 314 g/mol. The van der Waals surface area contributed by atoms with Gasteiger partial charge in [0.1, 0.15) is 6.26 Å². The molecule has 1 fully saturated rings. The number of amides is 2. The highest BCUT2D eigenvalue weighted by Gasteiger charge is 2.19. The van der Waals surface area contributed by atoms with E-state index in [0.717, 1.165) is 24.3 Å². The summed E-state index contributed by atoms with van der Waals surface area (Å²) in [5.41, 5.74) is 0.712. The minimum Gasteiger partial charge on any atom is -0.443 e. The van der Waals surface area contributed by atoms with E-state index in [2.05, 4.69) is 10.3 Å². The Morgan fingerprint density at radius 1 is 1.52 bits per heavy atom. The zero-order chi connectivity index (χ0) is 16.1. The molecule has 1 atom stereocenters. The summed E-state index contributed by atoms with van der Waals surface area (Å²) >= 11 is 1.57. The molecule has 0 spiro atoms.